The third-order valence-corrected chi connectivity index (χ3v) is 5.76. The van der Waals surface area contributed by atoms with Gasteiger partial charge in [0.15, 0.2) is 0 Å². The molecule has 0 aromatic carbocycles. The van der Waals surface area contributed by atoms with Crippen LogP contribution in [0.4, 0.5) is 13.2 Å². The predicted octanol–water partition coefficient (Wildman–Crippen LogP) is 1.01. The van der Waals surface area contributed by atoms with Crippen molar-refractivity contribution in [3.8, 4) is 0 Å². The summed E-state index contributed by atoms with van der Waals surface area (Å²) in [5, 5.41) is 9.62. The molecule has 2 N–H and O–H groups in total. The van der Waals surface area contributed by atoms with Gasteiger partial charge in [-0.3, -0.25) is 23.8 Å². The number of aromatic nitrogens is 2. The van der Waals surface area contributed by atoms with Crippen LogP contribution in [0.15, 0.2) is 33.7 Å². The molecule has 1 aromatic rings. The minimum Gasteiger partial charge on any atom is -0.370 e. The van der Waals surface area contributed by atoms with Crippen LogP contribution >= 0.6 is 7.60 Å². The molecule has 0 radical (unpaired) electrons. The summed E-state index contributed by atoms with van der Waals surface area (Å²) in [5.41, 5.74) is -1.46. The van der Waals surface area contributed by atoms with Crippen molar-refractivity contribution in [1.82, 2.24) is 14.5 Å². The van der Waals surface area contributed by atoms with Crippen LogP contribution in [0.5, 0.6) is 0 Å². The van der Waals surface area contributed by atoms with Crippen LogP contribution in [0, 0.1) is 0 Å². The van der Waals surface area contributed by atoms with Crippen molar-refractivity contribution in [3.63, 3.8) is 0 Å². The largest absolute Gasteiger partial charge is 0.428 e. The maximum atomic E-state index is 13.0. The molecule has 164 valence electrons. The van der Waals surface area contributed by atoms with E-state index in [1.807, 2.05) is 4.98 Å². The first-order valence-corrected chi connectivity index (χ1v) is 9.96. The van der Waals surface area contributed by atoms with Crippen molar-refractivity contribution < 1.29 is 36.6 Å². The molecule has 0 bridgehead atoms. The number of aliphatic hydroxyl groups is 1. The molecule has 29 heavy (non-hydrogen) atoms. The summed E-state index contributed by atoms with van der Waals surface area (Å²) in [6, 6.07) is 1.06. The Balaban J connectivity index is 2.36. The van der Waals surface area contributed by atoms with Gasteiger partial charge in [-0.25, -0.2) is 4.79 Å². The number of H-pyrrole nitrogens is 1. The molecule has 0 saturated carbocycles. The van der Waals surface area contributed by atoms with E-state index >= 15 is 0 Å². The number of nitrogens with one attached hydrogen (secondary N) is 1. The SMILES string of the molecule is COP(=O)(/C=C/C1CN(C(O)C(F)(F)F)CCC(n2ccc(=O)[nH]c2=O)O1)OC. The fraction of sp³-hybridized carbons (Fsp3) is 0.600. The van der Waals surface area contributed by atoms with Gasteiger partial charge in [-0.15, -0.1) is 0 Å². The second kappa shape index (κ2) is 9.37. The van der Waals surface area contributed by atoms with E-state index in [0.717, 1.165) is 41.8 Å². The molecule has 3 atom stereocenters. The Bertz CT molecular complexity index is 877. The van der Waals surface area contributed by atoms with Gasteiger partial charge >= 0.3 is 19.5 Å². The third kappa shape index (κ3) is 6.11. The van der Waals surface area contributed by atoms with E-state index in [0.29, 0.717) is 0 Å². The fourth-order valence-corrected chi connectivity index (χ4v) is 3.50. The highest BCUT2D eigenvalue weighted by Crippen LogP contribution is 2.48. The zero-order chi connectivity index (χ0) is 21.8. The maximum Gasteiger partial charge on any atom is 0.428 e. The lowest BCUT2D eigenvalue weighted by molar-refractivity contribution is -0.250. The van der Waals surface area contributed by atoms with Crippen molar-refractivity contribution in [2.45, 2.75) is 31.2 Å². The number of nitrogens with zero attached hydrogens (tertiary/aromatic N) is 2. The van der Waals surface area contributed by atoms with Gasteiger partial charge in [0, 0.05) is 51.8 Å². The Morgan fingerprint density at radius 1 is 1.38 bits per heavy atom. The van der Waals surface area contributed by atoms with Crippen LogP contribution < -0.4 is 11.2 Å². The number of aliphatic hydroxyl groups excluding tert-OH is 1. The molecule has 1 saturated heterocycles. The van der Waals surface area contributed by atoms with E-state index in [1.54, 1.807) is 0 Å². The third-order valence-electron chi connectivity index (χ3n) is 4.20. The monoisotopic (exact) mass is 443 g/mol. The van der Waals surface area contributed by atoms with Gasteiger partial charge in [0.2, 0.25) is 6.23 Å². The lowest BCUT2D eigenvalue weighted by Gasteiger charge is -2.28. The molecule has 0 spiro atoms. The Morgan fingerprint density at radius 2 is 2.03 bits per heavy atom. The van der Waals surface area contributed by atoms with Crippen LogP contribution in [-0.4, -0.2) is 65.4 Å². The van der Waals surface area contributed by atoms with Crippen molar-refractivity contribution in [3.05, 3.63) is 45.0 Å². The van der Waals surface area contributed by atoms with Gasteiger partial charge < -0.3 is 18.9 Å². The molecule has 14 heteroatoms. The first-order chi connectivity index (χ1) is 13.5. The van der Waals surface area contributed by atoms with E-state index in [4.69, 9.17) is 13.8 Å². The first-order valence-electron chi connectivity index (χ1n) is 8.35. The molecule has 0 aliphatic carbocycles. The van der Waals surface area contributed by atoms with Gasteiger partial charge in [0.05, 0.1) is 6.10 Å². The van der Waals surface area contributed by atoms with Gasteiger partial charge in [0.1, 0.15) is 6.23 Å². The maximum absolute atomic E-state index is 13.0. The Morgan fingerprint density at radius 3 is 2.59 bits per heavy atom. The second-order valence-electron chi connectivity index (χ2n) is 6.09. The molecule has 3 unspecified atom stereocenters. The molecular weight excluding hydrogens is 422 g/mol. The lowest BCUT2D eigenvalue weighted by Crippen LogP contribution is -2.48. The Kier molecular flexibility index (Phi) is 7.60. The van der Waals surface area contributed by atoms with Crippen molar-refractivity contribution >= 4 is 7.60 Å². The number of alkyl halides is 3. The fourth-order valence-electron chi connectivity index (χ4n) is 2.70. The van der Waals surface area contributed by atoms with Gasteiger partial charge in [-0.2, -0.15) is 13.2 Å². The summed E-state index contributed by atoms with van der Waals surface area (Å²) < 4.78 is 67.3. The normalized spacial score (nSPS) is 23.2. The number of hydrogen-bond acceptors (Lipinski definition) is 8. The molecule has 0 amide bonds. The van der Waals surface area contributed by atoms with Gasteiger partial charge in [0.25, 0.3) is 5.56 Å². The summed E-state index contributed by atoms with van der Waals surface area (Å²) in [6.07, 6.45) is -7.60. The second-order valence-corrected chi connectivity index (χ2v) is 8.20. The van der Waals surface area contributed by atoms with Gasteiger partial charge in [-0.1, -0.05) is 0 Å². The van der Waals surface area contributed by atoms with Gasteiger partial charge in [-0.05, 0) is 6.08 Å². The zero-order valence-corrected chi connectivity index (χ0v) is 16.4. The van der Waals surface area contributed by atoms with Crippen LogP contribution in [-0.2, 0) is 18.3 Å². The molecule has 1 aliphatic rings. The smallest absolute Gasteiger partial charge is 0.370 e. The number of ether oxygens (including phenoxy) is 1. The predicted molar refractivity (Wildman–Crippen MR) is 94.2 cm³/mol. The number of halogens is 3. The van der Waals surface area contributed by atoms with Crippen molar-refractivity contribution in [1.29, 1.82) is 0 Å². The minimum absolute atomic E-state index is 0.102. The highest BCUT2D eigenvalue weighted by Gasteiger charge is 2.44. The standard InChI is InChI=1S/C15H21F3N3O7P/c1-26-29(25,27-2)8-5-10-9-20(13(23)15(16,17)18)6-4-12(28-10)21-7-3-11(22)19-14(21)24/h3,5,7-8,10,12-13,23H,4,6,9H2,1-2H3,(H,19,22,24)/b8-5+. The van der Waals surface area contributed by atoms with E-state index in [9.17, 15) is 32.4 Å². The molecule has 10 nitrogen and oxygen atoms in total. The summed E-state index contributed by atoms with van der Waals surface area (Å²) in [6.45, 7) is -0.688. The molecule has 1 fully saturated rings. The number of rotatable bonds is 6. The number of aromatic amines is 1. The molecule has 1 aliphatic heterocycles. The van der Waals surface area contributed by atoms with E-state index in [2.05, 4.69) is 0 Å². The van der Waals surface area contributed by atoms with E-state index in [1.165, 1.54) is 6.08 Å². The van der Waals surface area contributed by atoms with E-state index < -0.39 is 50.1 Å². The first kappa shape index (κ1) is 23.5. The lowest BCUT2D eigenvalue weighted by atomic mass is 10.3. The summed E-state index contributed by atoms with van der Waals surface area (Å²) in [5.74, 6) is 1.02. The van der Waals surface area contributed by atoms with Crippen LogP contribution in [0.2, 0.25) is 0 Å². The van der Waals surface area contributed by atoms with Crippen LogP contribution in [0.1, 0.15) is 12.6 Å². The average Bonchev–Trinajstić information content (AvgIpc) is 2.87. The van der Waals surface area contributed by atoms with Crippen LogP contribution in [0.25, 0.3) is 0 Å². The molecular formula is C15H21F3N3O7P. The topological polar surface area (TPSA) is 123 Å². The number of hydrogen-bond donors (Lipinski definition) is 2. The minimum atomic E-state index is -4.91. The Hall–Kier alpha value is -1.76. The highest BCUT2D eigenvalue weighted by molar-refractivity contribution is 7.57. The summed E-state index contributed by atoms with van der Waals surface area (Å²) >= 11 is 0. The summed E-state index contributed by atoms with van der Waals surface area (Å²) in [7, 11) is -1.37. The Labute approximate surface area is 163 Å². The molecule has 2 heterocycles. The van der Waals surface area contributed by atoms with Crippen LogP contribution in [0.3, 0.4) is 0 Å². The quantitative estimate of drug-likeness (QED) is 0.625. The molecule has 2 rings (SSSR count). The average molecular weight is 443 g/mol. The van der Waals surface area contributed by atoms with Crippen molar-refractivity contribution in [2.75, 3.05) is 27.3 Å². The zero-order valence-electron chi connectivity index (χ0n) is 15.5. The molecule has 1 aromatic heterocycles. The summed E-state index contributed by atoms with van der Waals surface area (Å²) in [4.78, 5) is 26.0. The van der Waals surface area contributed by atoms with Crippen molar-refractivity contribution in [2.24, 2.45) is 0 Å². The highest BCUT2D eigenvalue weighted by atomic mass is 31.2. The van der Waals surface area contributed by atoms with E-state index in [-0.39, 0.29) is 13.0 Å².